The molecule has 1 saturated carbocycles. The lowest BCUT2D eigenvalue weighted by atomic mass is 10.1. The van der Waals surface area contributed by atoms with Gasteiger partial charge >= 0.3 is 0 Å². The van der Waals surface area contributed by atoms with E-state index >= 15 is 0 Å². The topological polar surface area (TPSA) is 29.9 Å². The van der Waals surface area contributed by atoms with E-state index < -0.39 is 0 Å². The molecule has 0 spiro atoms. The predicted octanol–water partition coefficient (Wildman–Crippen LogP) is 3.10. The van der Waals surface area contributed by atoms with Crippen LogP contribution in [0.5, 0.6) is 0 Å². The van der Waals surface area contributed by atoms with E-state index in [1.54, 1.807) is 0 Å². The maximum Gasteiger partial charge on any atom is 0.0841 e. The summed E-state index contributed by atoms with van der Waals surface area (Å²) in [6.07, 6.45) is 4.17. The third-order valence-electron chi connectivity index (χ3n) is 4.36. The van der Waals surface area contributed by atoms with Crippen molar-refractivity contribution in [1.82, 2.24) is 15.1 Å². The van der Waals surface area contributed by atoms with Crippen molar-refractivity contribution in [1.29, 1.82) is 0 Å². The van der Waals surface area contributed by atoms with Gasteiger partial charge in [0.15, 0.2) is 0 Å². The van der Waals surface area contributed by atoms with E-state index in [0.29, 0.717) is 0 Å². The molecule has 1 aromatic carbocycles. The van der Waals surface area contributed by atoms with Gasteiger partial charge in [-0.25, -0.2) is 0 Å². The molecule has 3 nitrogen and oxygen atoms in total. The fourth-order valence-electron chi connectivity index (χ4n) is 3.32. The highest BCUT2D eigenvalue weighted by atomic mass is 15.3. The first-order chi connectivity index (χ1) is 9.24. The average molecular weight is 257 g/mol. The normalized spacial score (nSPS) is 23.3. The fraction of sp³-hybridized carbons (Fsp3) is 0.562. The molecule has 2 atom stereocenters. The monoisotopic (exact) mass is 257 g/mol. The minimum absolute atomic E-state index is 0.866. The lowest BCUT2D eigenvalue weighted by Crippen LogP contribution is -2.21. The predicted molar refractivity (Wildman–Crippen MR) is 78.9 cm³/mol. The molecule has 1 N–H and O–H groups in total. The first-order valence-corrected chi connectivity index (χ1v) is 7.35. The van der Waals surface area contributed by atoms with Crippen molar-refractivity contribution >= 4 is 10.9 Å². The van der Waals surface area contributed by atoms with E-state index in [1.165, 1.54) is 35.9 Å². The van der Waals surface area contributed by atoms with Crippen LogP contribution in [0.25, 0.3) is 10.9 Å². The molecule has 102 valence electrons. The first kappa shape index (κ1) is 12.7. The Balaban J connectivity index is 1.62. The highest BCUT2D eigenvalue weighted by Crippen LogP contribution is 2.29. The number of rotatable bonds is 4. The van der Waals surface area contributed by atoms with E-state index in [4.69, 9.17) is 0 Å². The van der Waals surface area contributed by atoms with E-state index in [2.05, 4.69) is 41.6 Å². The highest BCUT2D eigenvalue weighted by Gasteiger charge is 2.20. The molecule has 0 saturated heterocycles. The summed E-state index contributed by atoms with van der Waals surface area (Å²) in [5, 5.41) is 9.49. The number of hydrogen-bond acceptors (Lipinski definition) is 2. The molecule has 1 aliphatic rings. The number of nitrogens with zero attached hydrogens (tertiary/aromatic N) is 2. The van der Waals surface area contributed by atoms with Gasteiger partial charge in [-0.15, -0.1) is 0 Å². The Morgan fingerprint density at radius 1 is 1.32 bits per heavy atom. The standard InChI is InChI=1S/C16H23N3/c1-12-7-8-13(9-12)10-17-11-15-14-5-3-4-6-16(14)19(2)18-15/h3-6,12-13,17H,7-11H2,1-2H3. The number of benzene rings is 1. The second-order valence-electron chi connectivity index (χ2n) is 6.00. The van der Waals surface area contributed by atoms with Gasteiger partial charge in [0.05, 0.1) is 11.2 Å². The average Bonchev–Trinajstić information content (AvgIpc) is 2.96. The molecule has 1 aromatic heterocycles. The summed E-state index contributed by atoms with van der Waals surface area (Å²) in [6.45, 7) is 4.38. The zero-order valence-corrected chi connectivity index (χ0v) is 11.9. The van der Waals surface area contributed by atoms with Gasteiger partial charge < -0.3 is 5.32 Å². The third-order valence-corrected chi connectivity index (χ3v) is 4.36. The molecule has 1 fully saturated rings. The van der Waals surface area contributed by atoms with Gasteiger partial charge in [-0.3, -0.25) is 4.68 Å². The number of aryl methyl sites for hydroxylation is 1. The zero-order valence-electron chi connectivity index (χ0n) is 11.9. The van der Waals surface area contributed by atoms with Gasteiger partial charge in [-0.2, -0.15) is 5.10 Å². The minimum Gasteiger partial charge on any atom is -0.311 e. The highest BCUT2D eigenvalue weighted by molar-refractivity contribution is 5.81. The molecule has 1 aliphatic carbocycles. The van der Waals surface area contributed by atoms with E-state index in [1.807, 2.05) is 11.7 Å². The molecule has 0 amide bonds. The van der Waals surface area contributed by atoms with Crippen LogP contribution in [0.2, 0.25) is 0 Å². The molecule has 19 heavy (non-hydrogen) atoms. The molecular weight excluding hydrogens is 234 g/mol. The van der Waals surface area contributed by atoms with Crippen molar-refractivity contribution < 1.29 is 0 Å². The second kappa shape index (κ2) is 5.33. The maximum absolute atomic E-state index is 4.62. The van der Waals surface area contributed by atoms with Crippen LogP contribution < -0.4 is 5.32 Å². The van der Waals surface area contributed by atoms with Crippen LogP contribution >= 0.6 is 0 Å². The van der Waals surface area contributed by atoms with Gasteiger partial charge in [-0.1, -0.05) is 31.5 Å². The molecule has 0 aliphatic heterocycles. The van der Waals surface area contributed by atoms with Gasteiger partial charge in [-0.05, 0) is 37.3 Å². The Kier molecular flexibility index (Phi) is 3.56. The molecule has 2 unspecified atom stereocenters. The Morgan fingerprint density at radius 3 is 2.95 bits per heavy atom. The summed E-state index contributed by atoms with van der Waals surface area (Å²) in [5.41, 5.74) is 2.39. The molecule has 3 heteroatoms. The summed E-state index contributed by atoms with van der Waals surface area (Å²) >= 11 is 0. The van der Waals surface area contributed by atoms with Crippen LogP contribution in [-0.4, -0.2) is 16.3 Å². The largest absolute Gasteiger partial charge is 0.311 e. The van der Waals surface area contributed by atoms with Crippen LogP contribution in [0.3, 0.4) is 0 Å². The first-order valence-electron chi connectivity index (χ1n) is 7.35. The van der Waals surface area contributed by atoms with Crippen LogP contribution in [0.15, 0.2) is 24.3 Å². The SMILES string of the molecule is CC1CCC(CNCc2nn(C)c3ccccc23)C1. The molecule has 2 aromatic rings. The molecule has 3 rings (SSSR count). The van der Waals surface area contributed by atoms with Gasteiger partial charge in [0.2, 0.25) is 0 Å². The van der Waals surface area contributed by atoms with E-state index in [-0.39, 0.29) is 0 Å². The van der Waals surface area contributed by atoms with Crippen molar-refractivity contribution in [3.05, 3.63) is 30.0 Å². The van der Waals surface area contributed by atoms with Crippen molar-refractivity contribution in [2.45, 2.75) is 32.7 Å². The van der Waals surface area contributed by atoms with Crippen molar-refractivity contribution in [2.24, 2.45) is 18.9 Å². The van der Waals surface area contributed by atoms with E-state index in [9.17, 15) is 0 Å². The number of hydrogen-bond donors (Lipinski definition) is 1. The maximum atomic E-state index is 4.62. The quantitative estimate of drug-likeness (QED) is 0.912. The number of aromatic nitrogens is 2. The van der Waals surface area contributed by atoms with Crippen LogP contribution in [0, 0.1) is 11.8 Å². The lowest BCUT2D eigenvalue weighted by molar-refractivity contribution is 0.468. The summed E-state index contributed by atoms with van der Waals surface area (Å²) in [4.78, 5) is 0. The van der Waals surface area contributed by atoms with Crippen LogP contribution in [-0.2, 0) is 13.6 Å². The zero-order chi connectivity index (χ0) is 13.2. The smallest absolute Gasteiger partial charge is 0.0841 e. The summed E-state index contributed by atoms with van der Waals surface area (Å²) in [5.74, 6) is 1.78. The number of para-hydroxylation sites is 1. The Bertz CT molecular complexity index is 558. The van der Waals surface area contributed by atoms with Crippen molar-refractivity contribution in [3.63, 3.8) is 0 Å². The summed E-state index contributed by atoms with van der Waals surface area (Å²) in [6, 6.07) is 8.45. The summed E-state index contributed by atoms with van der Waals surface area (Å²) < 4.78 is 1.98. The second-order valence-corrected chi connectivity index (χ2v) is 6.00. The number of fused-ring (bicyclic) bond motifs is 1. The minimum atomic E-state index is 0.866. The Hall–Kier alpha value is -1.35. The fourth-order valence-corrected chi connectivity index (χ4v) is 3.32. The number of nitrogens with one attached hydrogen (secondary N) is 1. The van der Waals surface area contributed by atoms with Crippen LogP contribution in [0.1, 0.15) is 31.9 Å². The van der Waals surface area contributed by atoms with E-state index in [0.717, 1.165) is 24.9 Å². The third kappa shape index (κ3) is 2.66. The van der Waals surface area contributed by atoms with Gasteiger partial charge in [0, 0.05) is 19.0 Å². The van der Waals surface area contributed by atoms with Gasteiger partial charge in [0.1, 0.15) is 0 Å². The van der Waals surface area contributed by atoms with Crippen LogP contribution in [0.4, 0.5) is 0 Å². The Morgan fingerprint density at radius 2 is 2.16 bits per heavy atom. The lowest BCUT2D eigenvalue weighted by Gasteiger charge is -2.10. The summed E-state index contributed by atoms with van der Waals surface area (Å²) in [7, 11) is 2.02. The Labute approximate surface area is 115 Å². The molecule has 0 bridgehead atoms. The van der Waals surface area contributed by atoms with Gasteiger partial charge in [0.25, 0.3) is 0 Å². The molecule has 0 radical (unpaired) electrons. The van der Waals surface area contributed by atoms with Crippen molar-refractivity contribution in [2.75, 3.05) is 6.54 Å². The van der Waals surface area contributed by atoms with Crippen molar-refractivity contribution in [3.8, 4) is 0 Å². The molecular formula is C16H23N3. The molecule has 1 heterocycles.